The van der Waals surface area contributed by atoms with Crippen molar-refractivity contribution in [1.29, 1.82) is 0 Å². The number of ether oxygens (including phenoxy) is 1. The molecule has 3 aromatic rings. The lowest BCUT2D eigenvalue weighted by Gasteiger charge is -2.27. The molecule has 25 heavy (non-hydrogen) atoms. The van der Waals surface area contributed by atoms with E-state index in [-0.39, 0.29) is 5.82 Å². The summed E-state index contributed by atoms with van der Waals surface area (Å²) in [4.78, 5) is 7.01. The van der Waals surface area contributed by atoms with E-state index >= 15 is 0 Å². The molecular formula is C19H21FN4O. The maximum Gasteiger partial charge on any atom is 0.156 e. The lowest BCUT2D eigenvalue weighted by atomic mass is 9.98. The molecule has 1 aliphatic rings. The molecule has 0 bridgehead atoms. The number of hydrogen-bond donors (Lipinski definition) is 0. The van der Waals surface area contributed by atoms with Gasteiger partial charge in [0.1, 0.15) is 11.6 Å². The highest BCUT2D eigenvalue weighted by Gasteiger charge is 2.22. The summed E-state index contributed by atoms with van der Waals surface area (Å²) >= 11 is 0. The molecule has 6 heteroatoms. The number of pyridine rings is 1. The Labute approximate surface area is 146 Å². The van der Waals surface area contributed by atoms with Crippen LogP contribution in [0.25, 0.3) is 16.8 Å². The molecule has 0 saturated carbocycles. The van der Waals surface area contributed by atoms with E-state index < -0.39 is 0 Å². The van der Waals surface area contributed by atoms with Crippen LogP contribution in [-0.4, -0.2) is 46.7 Å². The first-order valence-corrected chi connectivity index (χ1v) is 8.53. The Morgan fingerprint density at radius 3 is 2.92 bits per heavy atom. The number of likely N-dealkylation sites (tertiary alicyclic amines) is 1. The smallest absolute Gasteiger partial charge is 0.156 e. The van der Waals surface area contributed by atoms with Gasteiger partial charge in [-0.25, -0.2) is 13.9 Å². The Morgan fingerprint density at radius 1 is 1.24 bits per heavy atom. The summed E-state index contributed by atoms with van der Waals surface area (Å²) in [5.41, 5.74) is 2.36. The van der Waals surface area contributed by atoms with E-state index in [1.807, 2.05) is 18.3 Å². The topological polar surface area (TPSA) is 42.7 Å². The zero-order valence-electron chi connectivity index (χ0n) is 14.4. The number of piperidine rings is 1. The van der Waals surface area contributed by atoms with Gasteiger partial charge < -0.3 is 9.64 Å². The Kier molecular flexibility index (Phi) is 4.13. The van der Waals surface area contributed by atoms with E-state index in [2.05, 4.69) is 22.0 Å². The first kappa shape index (κ1) is 16.0. The number of rotatable bonds is 3. The standard InChI is InChI=1S/C19H21FN4O/c1-23-9-3-4-14(11-23)19-21-18-8-5-13(12-24(18)22-19)16-10-15(20)6-7-17(16)25-2/h5-8,10,12,14H,3-4,9,11H2,1-2H3. The molecule has 2 aromatic heterocycles. The van der Waals surface area contributed by atoms with Crippen LogP contribution < -0.4 is 4.74 Å². The van der Waals surface area contributed by atoms with Crippen molar-refractivity contribution < 1.29 is 9.13 Å². The Bertz CT molecular complexity index is 908. The maximum absolute atomic E-state index is 13.7. The summed E-state index contributed by atoms with van der Waals surface area (Å²) < 4.78 is 20.8. The molecule has 1 atom stereocenters. The Morgan fingerprint density at radius 2 is 2.12 bits per heavy atom. The second-order valence-corrected chi connectivity index (χ2v) is 6.64. The minimum Gasteiger partial charge on any atom is -0.496 e. The van der Waals surface area contributed by atoms with Crippen molar-refractivity contribution in [3.05, 3.63) is 48.2 Å². The van der Waals surface area contributed by atoms with Crippen molar-refractivity contribution in [2.45, 2.75) is 18.8 Å². The van der Waals surface area contributed by atoms with Gasteiger partial charge in [-0.2, -0.15) is 5.10 Å². The molecule has 130 valence electrons. The van der Waals surface area contributed by atoms with Crippen molar-refractivity contribution >= 4 is 5.65 Å². The Balaban J connectivity index is 1.72. The van der Waals surface area contributed by atoms with Gasteiger partial charge in [0.15, 0.2) is 11.5 Å². The molecule has 0 amide bonds. The van der Waals surface area contributed by atoms with E-state index in [0.29, 0.717) is 17.2 Å². The number of halogens is 1. The fraction of sp³-hybridized carbons (Fsp3) is 0.368. The van der Waals surface area contributed by atoms with Crippen LogP contribution in [0.4, 0.5) is 4.39 Å². The van der Waals surface area contributed by atoms with E-state index in [1.165, 1.54) is 18.6 Å². The van der Waals surface area contributed by atoms with Crippen LogP contribution in [0.2, 0.25) is 0 Å². The highest BCUT2D eigenvalue weighted by Crippen LogP contribution is 2.31. The average molecular weight is 340 g/mol. The molecule has 0 N–H and O–H groups in total. The number of methoxy groups -OCH3 is 1. The van der Waals surface area contributed by atoms with Crippen LogP contribution in [0.5, 0.6) is 5.75 Å². The van der Waals surface area contributed by atoms with E-state index in [4.69, 9.17) is 4.74 Å². The minimum atomic E-state index is -0.291. The number of aromatic nitrogens is 3. The van der Waals surface area contributed by atoms with Crippen LogP contribution in [0.1, 0.15) is 24.6 Å². The summed E-state index contributed by atoms with van der Waals surface area (Å²) in [5, 5.41) is 4.68. The van der Waals surface area contributed by atoms with E-state index in [1.54, 1.807) is 17.7 Å². The summed E-state index contributed by atoms with van der Waals surface area (Å²) in [6.45, 7) is 2.12. The number of nitrogens with zero attached hydrogens (tertiary/aromatic N) is 4. The first-order valence-electron chi connectivity index (χ1n) is 8.53. The van der Waals surface area contributed by atoms with Gasteiger partial charge in [-0.15, -0.1) is 0 Å². The molecule has 1 unspecified atom stereocenters. The Hall–Kier alpha value is -2.47. The van der Waals surface area contributed by atoms with E-state index in [0.717, 1.165) is 36.5 Å². The van der Waals surface area contributed by atoms with Crippen molar-refractivity contribution in [1.82, 2.24) is 19.5 Å². The fourth-order valence-electron chi connectivity index (χ4n) is 3.52. The van der Waals surface area contributed by atoms with E-state index in [9.17, 15) is 4.39 Å². The highest BCUT2D eigenvalue weighted by molar-refractivity contribution is 5.71. The molecule has 1 fully saturated rings. The monoisotopic (exact) mass is 340 g/mol. The van der Waals surface area contributed by atoms with Gasteiger partial charge in [0.05, 0.1) is 7.11 Å². The number of benzene rings is 1. The third kappa shape index (κ3) is 3.09. The van der Waals surface area contributed by atoms with Crippen LogP contribution in [0, 0.1) is 5.82 Å². The largest absolute Gasteiger partial charge is 0.496 e. The molecule has 4 rings (SSSR count). The van der Waals surface area contributed by atoms with Gasteiger partial charge >= 0.3 is 0 Å². The maximum atomic E-state index is 13.7. The predicted molar refractivity (Wildman–Crippen MR) is 94.4 cm³/mol. The molecular weight excluding hydrogens is 319 g/mol. The van der Waals surface area contributed by atoms with Gasteiger partial charge in [-0.05, 0) is 56.8 Å². The third-order valence-corrected chi connectivity index (χ3v) is 4.81. The van der Waals surface area contributed by atoms with Crippen LogP contribution in [0.3, 0.4) is 0 Å². The summed E-state index contributed by atoms with van der Waals surface area (Å²) in [7, 11) is 3.72. The van der Waals surface area contributed by atoms with Crippen molar-refractivity contribution in [3.63, 3.8) is 0 Å². The summed E-state index contributed by atoms with van der Waals surface area (Å²) in [6.07, 6.45) is 4.17. The number of likely N-dealkylation sites (N-methyl/N-ethyl adjacent to an activating group) is 1. The second-order valence-electron chi connectivity index (χ2n) is 6.64. The third-order valence-electron chi connectivity index (χ3n) is 4.81. The van der Waals surface area contributed by atoms with Gasteiger partial charge in [0.25, 0.3) is 0 Å². The van der Waals surface area contributed by atoms with Gasteiger partial charge in [-0.3, -0.25) is 0 Å². The second kappa shape index (κ2) is 6.44. The number of fused-ring (bicyclic) bond motifs is 1. The summed E-state index contributed by atoms with van der Waals surface area (Å²) in [5.74, 6) is 1.59. The van der Waals surface area contributed by atoms with Gasteiger partial charge in [0.2, 0.25) is 0 Å². The molecule has 1 aromatic carbocycles. The lowest BCUT2D eigenvalue weighted by molar-refractivity contribution is 0.246. The molecule has 5 nitrogen and oxygen atoms in total. The minimum absolute atomic E-state index is 0.291. The fourth-order valence-corrected chi connectivity index (χ4v) is 3.52. The van der Waals surface area contributed by atoms with Crippen molar-refractivity contribution in [2.75, 3.05) is 27.2 Å². The zero-order chi connectivity index (χ0) is 17.4. The van der Waals surface area contributed by atoms with Crippen LogP contribution in [0.15, 0.2) is 36.5 Å². The molecule has 0 spiro atoms. The molecule has 3 heterocycles. The van der Waals surface area contributed by atoms with Gasteiger partial charge in [0, 0.05) is 29.8 Å². The zero-order valence-corrected chi connectivity index (χ0v) is 14.4. The predicted octanol–water partition coefficient (Wildman–Crippen LogP) is 3.35. The number of hydrogen-bond acceptors (Lipinski definition) is 4. The normalized spacial score (nSPS) is 18.6. The van der Waals surface area contributed by atoms with Crippen LogP contribution in [-0.2, 0) is 0 Å². The van der Waals surface area contributed by atoms with Crippen molar-refractivity contribution in [2.24, 2.45) is 0 Å². The lowest BCUT2D eigenvalue weighted by Crippen LogP contribution is -2.31. The molecule has 1 saturated heterocycles. The SMILES string of the molecule is COc1ccc(F)cc1-c1ccc2nc(C3CCCN(C)C3)nn2c1. The molecule has 0 aliphatic carbocycles. The first-order chi connectivity index (χ1) is 12.1. The summed E-state index contributed by atoms with van der Waals surface area (Å²) in [6, 6.07) is 8.36. The quantitative estimate of drug-likeness (QED) is 0.733. The average Bonchev–Trinajstić information content (AvgIpc) is 3.05. The highest BCUT2D eigenvalue weighted by atomic mass is 19.1. The molecule has 1 aliphatic heterocycles. The van der Waals surface area contributed by atoms with Crippen molar-refractivity contribution in [3.8, 4) is 16.9 Å². The molecule has 0 radical (unpaired) electrons. The van der Waals surface area contributed by atoms with Gasteiger partial charge in [-0.1, -0.05) is 0 Å². The van der Waals surface area contributed by atoms with Crippen LogP contribution >= 0.6 is 0 Å².